The molecule has 0 aliphatic heterocycles. The van der Waals surface area contributed by atoms with E-state index >= 15 is 0 Å². The Morgan fingerprint density at radius 2 is 1.77 bits per heavy atom. The summed E-state index contributed by atoms with van der Waals surface area (Å²) in [6.45, 7) is 3.95. The van der Waals surface area contributed by atoms with Crippen molar-refractivity contribution >= 4 is 14.8 Å². The molecular formula is C13H32N4O4Si. The SMILES string of the molecule is CO[Si](CCCN(CCN)C(N)=O)(OC)OC(C)CCCN. The van der Waals surface area contributed by atoms with Crippen molar-refractivity contribution < 1.29 is 18.1 Å². The molecule has 0 aliphatic carbocycles. The fourth-order valence-electron chi connectivity index (χ4n) is 2.19. The maximum atomic E-state index is 11.3. The summed E-state index contributed by atoms with van der Waals surface area (Å²) in [5.41, 5.74) is 16.3. The van der Waals surface area contributed by atoms with E-state index < -0.39 is 14.8 Å². The highest BCUT2D eigenvalue weighted by Crippen LogP contribution is 2.20. The Hall–Kier alpha value is -0.713. The van der Waals surface area contributed by atoms with Gasteiger partial charge in [0.15, 0.2) is 0 Å². The Morgan fingerprint density at radius 3 is 2.23 bits per heavy atom. The molecule has 1 unspecified atom stereocenters. The van der Waals surface area contributed by atoms with Crippen molar-refractivity contribution in [2.45, 2.75) is 38.3 Å². The van der Waals surface area contributed by atoms with Crippen LogP contribution in [-0.2, 0) is 13.3 Å². The van der Waals surface area contributed by atoms with Gasteiger partial charge in [-0.3, -0.25) is 0 Å². The third kappa shape index (κ3) is 8.06. The zero-order valence-corrected chi connectivity index (χ0v) is 15.0. The van der Waals surface area contributed by atoms with E-state index in [0.29, 0.717) is 38.6 Å². The van der Waals surface area contributed by atoms with Gasteiger partial charge in [-0.25, -0.2) is 4.79 Å². The molecule has 0 rings (SSSR count). The number of hydrogen-bond donors (Lipinski definition) is 3. The topological polar surface area (TPSA) is 126 Å². The molecule has 1 atom stereocenters. The monoisotopic (exact) mass is 336 g/mol. The van der Waals surface area contributed by atoms with Crippen LogP contribution in [0.15, 0.2) is 0 Å². The van der Waals surface area contributed by atoms with Gasteiger partial charge in [0.2, 0.25) is 0 Å². The lowest BCUT2D eigenvalue weighted by atomic mass is 10.2. The first kappa shape index (κ1) is 21.3. The molecule has 22 heavy (non-hydrogen) atoms. The lowest BCUT2D eigenvalue weighted by Crippen LogP contribution is -2.47. The molecule has 0 aromatic rings. The molecule has 2 amide bonds. The average Bonchev–Trinajstić information content (AvgIpc) is 2.50. The molecule has 0 bridgehead atoms. The van der Waals surface area contributed by atoms with Crippen molar-refractivity contribution in [3.63, 3.8) is 0 Å². The molecule has 0 spiro atoms. The van der Waals surface area contributed by atoms with Gasteiger partial charge < -0.3 is 35.4 Å². The van der Waals surface area contributed by atoms with Gasteiger partial charge >= 0.3 is 14.8 Å². The van der Waals surface area contributed by atoms with Gasteiger partial charge in [-0.2, -0.15) is 0 Å². The van der Waals surface area contributed by atoms with Gasteiger partial charge in [0.25, 0.3) is 0 Å². The van der Waals surface area contributed by atoms with E-state index in [9.17, 15) is 4.79 Å². The van der Waals surface area contributed by atoms with Gasteiger partial charge in [0, 0.05) is 46.0 Å². The van der Waals surface area contributed by atoms with Crippen LogP contribution in [0, 0.1) is 0 Å². The van der Waals surface area contributed by atoms with Gasteiger partial charge in [0.1, 0.15) is 0 Å². The van der Waals surface area contributed by atoms with Gasteiger partial charge in [-0.05, 0) is 32.7 Å². The fourth-order valence-corrected chi connectivity index (χ4v) is 4.40. The average molecular weight is 337 g/mol. The van der Waals surface area contributed by atoms with Crippen molar-refractivity contribution in [2.24, 2.45) is 17.2 Å². The summed E-state index contributed by atoms with van der Waals surface area (Å²) >= 11 is 0. The summed E-state index contributed by atoms with van der Waals surface area (Å²) in [4.78, 5) is 12.8. The predicted molar refractivity (Wildman–Crippen MR) is 88.2 cm³/mol. The molecule has 0 fully saturated rings. The number of urea groups is 1. The quantitative estimate of drug-likeness (QED) is 0.409. The lowest BCUT2D eigenvalue weighted by molar-refractivity contribution is 0.0575. The van der Waals surface area contributed by atoms with Crippen LogP contribution in [-0.4, -0.2) is 66.2 Å². The second-order valence-electron chi connectivity index (χ2n) is 5.17. The summed E-state index contributed by atoms with van der Waals surface area (Å²) in [5, 5.41) is 0. The van der Waals surface area contributed by atoms with Crippen LogP contribution in [0.1, 0.15) is 26.2 Å². The Labute approximate surface area is 134 Å². The minimum atomic E-state index is -2.73. The molecular weight excluding hydrogens is 304 g/mol. The number of hydrogen-bond acceptors (Lipinski definition) is 6. The van der Waals surface area contributed by atoms with E-state index in [0.717, 1.165) is 12.8 Å². The maximum absolute atomic E-state index is 11.3. The van der Waals surface area contributed by atoms with E-state index in [1.54, 1.807) is 14.2 Å². The highest BCUT2D eigenvalue weighted by atomic mass is 28.4. The second kappa shape index (κ2) is 11.8. The zero-order chi connectivity index (χ0) is 17.0. The van der Waals surface area contributed by atoms with Crippen LogP contribution in [0.3, 0.4) is 0 Å². The Bertz CT molecular complexity index is 306. The lowest BCUT2D eigenvalue weighted by Gasteiger charge is -2.30. The number of amides is 2. The summed E-state index contributed by atoms with van der Waals surface area (Å²) in [6.07, 6.45) is 2.45. The van der Waals surface area contributed by atoms with Gasteiger partial charge in [-0.1, -0.05) is 0 Å². The second-order valence-corrected chi connectivity index (χ2v) is 8.09. The fraction of sp³-hybridized carbons (Fsp3) is 0.923. The predicted octanol–water partition coefficient (Wildman–Crippen LogP) is 0.0916. The molecule has 9 heteroatoms. The molecule has 0 saturated carbocycles. The first-order valence-electron chi connectivity index (χ1n) is 7.67. The summed E-state index contributed by atoms with van der Waals surface area (Å²) < 4.78 is 17.1. The number of primary amides is 1. The van der Waals surface area contributed by atoms with Crippen molar-refractivity contribution in [3.05, 3.63) is 0 Å². The number of rotatable bonds is 13. The van der Waals surface area contributed by atoms with Crippen LogP contribution in [0.25, 0.3) is 0 Å². The molecule has 8 nitrogen and oxygen atoms in total. The molecule has 0 aromatic heterocycles. The molecule has 0 heterocycles. The largest absolute Gasteiger partial charge is 0.500 e. The Balaban J connectivity index is 4.45. The van der Waals surface area contributed by atoms with Gasteiger partial charge in [-0.15, -0.1) is 0 Å². The summed E-state index contributed by atoms with van der Waals surface area (Å²) in [7, 11) is 0.457. The van der Waals surface area contributed by atoms with E-state index in [1.165, 1.54) is 4.90 Å². The third-order valence-corrected chi connectivity index (χ3v) is 6.41. The van der Waals surface area contributed by atoms with Crippen molar-refractivity contribution in [3.8, 4) is 0 Å². The van der Waals surface area contributed by atoms with E-state index in [2.05, 4.69) is 0 Å². The van der Waals surface area contributed by atoms with Crippen molar-refractivity contribution in [2.75, 3.05) is 40.4 Å². The summed E-state index contributed by atoms with van der Waals surface area (Å²) in [5.74, 6) is 0. The maximum Gasteiger partial charge on any atom is 0.500 e. The standard InChI is InChI=1S/C13H32N4O4Si/c1-12(6-4-7-14)21-22(19-2,20-3)11-5-9-17(10-8-15)13(16)18/h12H,4-11,14-15H2,1-3H3,(H2,16,18). The Kier molecular flexibility index (Phi) is 11.4. The highest BCUT2D eigenvalue weighted by Gasteiger charge is 2.40. The van der Waals surface area contributed by atoms with Crippen LogP contribution < -0.4 is 17.2 Å². The number of nitrogens with two attached hydrogens (primary N) is 3. The summed E-state index contributed by atoms with van der Waals surface area (Å²) in [6, 6.07) is 0.145. The first-order chi connectivity index (χ1) is 10.4. The molecule has 0 saturated heterocycles. The van der Waals surface area contributed by atoms with Crippen LogP contribution in [0.2, 0.25) is 6.04 Å². The molecule has 0 aliphatic rings. The van der Waals surface area contributed by atoms with Crippen molar-refractivity contribution in [1.29, 1.82) is 0 Å². The van der Waals surface area contributed by atoms with E-state index in [4.69, 9.17) is 30.5 Å². The molecule has 0 aromatic carbocycles. The van der Waals surface area contributed by atoms with Crippen LogP contribution in [0.4, 0.5) is 4.79 Å². The zero-order valence-electron chi connectivity index (χ0n) is 14.0. The molecule has 0 radical (unpaired) electrons. The normalized spacial score (nSPS) is 13.1. The highest BCUT2D eigenvalue weighted by molar-refractivity contribution is 6.60. The minimum absolute atomic E-state index is 0.0198. The number of carbonyl (C=O) groups excluding carboxylic acids is 1. The molecule has 6 N–H and O–H groups in total. The number of nitrogens with zero attached hydrogens (tertiary/aromatic N) is 1. The molecule has 132 valence electrons. The first-order valence-corrected chi connectivity index (χ1v) is 9.60. The third-order valence-electron chi connectivity index (χ3n) is 3.44. The Morgan fingerprint density at radius 1 is 1.14 bits per heavy atom. The van der Waals surface area contributed by atoms with Crippen LogP contribution >= 0.6 is 0 Å². The smallest absolute Gasteiger partial charge is 0.377 e. The minimum Gasteiger partial charge on any atom is -0.377 e. The van der Waals surface area contributed by atoms with E-state index in [1.807, 2.05) is 6.92 Å². The van der Waals surface area contributed by atoms with E-state index in [-0.39, 0.29) is 6.10 Å². The van der Waals surface area contributed by atoms with Gasteiger partial charge in [0.05, 0.1) is 0 Å². The van der Waals surface area contributed by atoms with Crippen molar-refractivity contribution in [1.82, 2.24) is 4.90 Å². The number of carbonyl (C=O) groups is 1. The van der Waals surface area contributed by atoms with Crippen LogP contribution in [0.5, 0.6) is 0 Å².